The van der Waals surface area contributed by atoms with Crippen LogP contribution >= 0.6 is 0 Å². The van der Waals surface area contributed by atoms with Crippen LogP contribution in [0.2, 0.25) is 0 Å². The van der Waals surface area contributed by atoms with E-state index < -0.39 is 10.0 Å². The molecule has 2 aromatic heterocycles. The van der Waals surface area contributed by atoms with Gasteiger partial charge in [-0.15, -0.1) is 5.10 Å². The lowest BCUT2D eigenvalue weighted by Crippen LogP contribution is -2.15. The van der Waals surface area contributed by atoms with Gasteiger partial charge in [-0.3, -0.25) is 4.68 Å². The van der Waals surface area contributed by atoms with Crippen molar-refractivity contribution in [1.82, 2.24) is 24.5 Å². The second-order valence-electron chi connectivity index (χ2n) is 5.71. The van der Waals surface area contributed by atoms with Crippen molar-refractivity contribution in [2.75, 3.05) is 4.72 Å². The van der Waals surface area contributed by atoms with Crippen LogP contribution in [0.15, 0.2) is 41.7 Å². The summed E-state index contributed by atoms with van der Waals surface area (Å²) < 4.78 is 30.7. The van der Waals surface area contributed by atoms with E-state index in [9.17, 15) is 8.42 Å². The Morgan fingerprint density at radius 2 is 1.96 bits per heavy atom. The van der Waals surface area contributed by atoms with E-state index in [4.69, 9.17) is 0 Å². The van der Waals surface area contributed by atoms with Gasteiger partial charge in [0.2, 0.25) is 0 Å². The molecule has 0 bridgehead atoms. The first-order valence-corrected chi connectivity index (χ1v) is 9.38. The highest BCUT2D eigenvalue weighted by Gasteiger charge is 2.22. The fraction of sp³-hybridized carbons (Fsp3) is 0.312. The van der Waals surface area contributed by atoms with Crippen LogP contribution in [0.4, 0.5) is 5.95 Å². The molecular weight excluding hydrogens is 340 g/mol. The number of nitrogens with zero attached hydrogens (tertiary/aromatic N) is 5. The zero-order chi connectivity index (χ0) is 18.0. The number of anilines is 1. The fourth-order valence-corrected chi connectivity index (χ4v) is 3.69. The van der Waals surface area contributed by atoms with Gasteiger partial charge >= 0.3 is 0 Å². The van der Waals surface area contributed by atoms with E-state index in [1.807, 2.05) is 38.1 Å². The smallest absolute Gasteiger partial charge is 0.267 e. The number of aromatic nitrogens is 5. The van der Waals surface area contributed by atoms with E-state index in [1.165, 1.54) is 12.5 Å². The van der Waals surface area contributed by atoms with Gasteiger partial charge in [0.05, 0.1) is 18.4 Å². The molecule has 0 spiro atoms. The zero-order valence-electron chi connectivity index (χ0n) is 14.3. The third-order valence-corrected chi connectivity index (χ3v) is 5.43. The molecule has 0 saturated carbocycles. The lowest BCUT2D eigenvalue weighted by atomic mass is 10.1. The molecule has 0 aliphatic heterocycles. The number of benzene rings is 1. The van der Waals surface area contributed by atoms with Gasteiger partial charge in [0.1, 0.15) is 11.2 Å². The minimum atomic E-state index is -3.77. The molecule has 1 N–H and O–H groups in total. The van der Waals surface area contributed by atoms with Crippen LogP contribution in [-0.4, -0.2) is 33.0 Å². The quantitative estimate of drug-likeness (QED) is 0.725. The van der Waals surface area contributed by atoms with Crippen molar-refractivity contribution in [3.63, 3.8) is 0 Å². The van der Waals surface area contributed by atoms with Crippen molar-refractivity contribution < 1.29 is 8.42 Å². The Labute approximate surface area is 146 Å². The maximum atomic E-state index is 12.5. The summed E-state index contributed by atoms with van der Waals surface area (Å²) in [5.41, 5.74) is 2.82. The minimum absolute atomic E-state index is 0.0391. The monoisotopic (exact) mass is 360 g/mol. The SMILES string of the molecule is CCn1ncc(S(=O)(=O)Nc2ncn(Cc3ccccc3C)n2)c1C. The molecule has 0 saturated heterocycles. The third kappa shape index (κ3) is 3.55. The molecule has 0 fully saturated rings. The summed E-state index contributed by atoms with van der Waals surface area (Å²) in [5.74, 6) is 0.0391. The van der Waals surface area contributed by atoms with Crippen molar-refractivity contribution >= 4 is 16.0 Å². The first-order valence-electron chi connectivity index (χ1n) is 7.90. The molecule has 8 nitrogen and oxygen atoms in total. The summed E-state index contributed by atoms with van der Waals surface area (Å²) in [7, 11) is -3.77. The maximum Gasteiger partial charge on any atom is 0.267 e. The normalized spacial score (nSPS) is 11.6. The summed E-state index contributed by atoms with van der Waals surface area (Å²) >= 11 is 0. The highest BCUT2D eigenvalue weighted by Crippen LogP contribution is 2.17. The second-order valence-corrected chi connectivity index (χ2v) is 7.36. The van der Waals surface area contributed by atoms with Gasteiger partial charge in [0.15, 0.2) is 0 Å². The lowest BCUT2D eigenvalue weighted by molar-refractivity contribution is 0.597. The van der Waals surface area contributed by atoms with Crippen LogP contribution in [0.1, 0.15) is 23.7 Å². The van der Waals surface area contributed by atoms with Gasteiger partial charge in [0.25, 0.3) is 16.0 Å². The Bertz CT molecular complexity index is 990. The van der Waals surface area contributed by atoms with Crippen molar-refractivity contribution in [3.8, 4) is 0 Å². The van der Waals surface area contributed by atoms with E-state index in [-0.39, 0.29) is 10.8 Å². The summed E-state index contributed by atoms with van der Waals surface area (Å²) in [6.07, 6.45) is 2.85. The highest BCUT2D eigenvalue weighted by molar-refractivity contribution is 7.92. The molecule has 1 aromatic carbocycles. The number of rotatable bonds is 6. The first kappa shape index (κ1) is 17.2. The molecule has 0 unspecified atom stereocenters. The van der Waals surface area contributed by atoms with Gasteiger partial charge in [-0.25, -0.2) is 17.8 Å². The predicted octanol–water partition coefficient (Wildman–Crippen LogP) is 1.96. The first-order chi connectivity index (χ1) is 11.9. The molecule has 0 amide bonds. The molecule has 25 heavy (non-hydrogen) atoms. The van der Waals surface area contributed by atoms with Crippen molar-refractivity contribution in [2.24, 2.45) is 0 Å². The average molecular weight is 360 g/mol. The van der Waals surface area contributed by atoms with Crippen LogP contribution in [0.3, 0.4) is 0 Å². The van der Waals surface area contributed by atoms with Crippen molar-refractivity contribution in [1.29, 1.82) is 0 Å². The van der Waals surface area contributed by atoms with Gasteiger partial charge in [-0.2, -0.15) is 10.1 Å². The van der Waals surface area contributed by atoms with E-state index in [0.717, 1.165) is 11.1 Å². The van der Waals surface area contributed by atoms with Gasteiger partial charge in [-0.1, -0.05) is 24.3 Å². The molecule has 3 aromatic rings. The van der Waals surface area contributed by atoms with Crippen LogP contribution in [0.5, 0.6) is 0 Å². The molecule has 0 atom stereocenters. The lowest BCUT2D eigenvalue weighted by Gasteiger charge is -2.06. The summed E-state index contributed by atoms with van der Waals surface area (Å²) in [6.45, 7) is 6.76. The van der Waals surface area contributed by atoms with Gasteiger partial charge < -0.3 is 0 Å². The molecule has 0 aliphatic rings. The molecule has 0 aliphatic carbocycles. The van der Waals surface area contributed by atoms with Crippen molar-refractivity contribution in [2.45, 2.75) is 38.8 Å². The van der Waals surface area contributed by atoms with Crippen LogP contribution in [0, 0.1) is 13.8 Å². The van der Waals surface area contributed by atoms with E-state index >= 15 is 0 Å². The summed E-state index contributed by atoms with van der Waals surface area (Å²) in [6, 6.07) is 7.95. The van der Waals surface area contributed by atoms with Gasteiger partial charge in [-0.05, 0) is 31.9 Å². The Morgan fingerprint density at radius 1 is 1.20 bits per heavy atom. The molecule has 9 heteroatoms. The maximum absolute atomic E-state index is 12.5. The zero-order valence-corrected chi connectivity index (χ0v) is 15.2. The minimum Gasteiger partial charge on any atom is -0.269 e. The largest absolute Gasteiger partial charge is 0.269 e. The molecular formula is C16H20N6O2S. The number of hydrogen-bond donors (Lipinski definition) is 1. The molecule has 3 rings (SSSR count). The highest BCUT2D eigenvalue weighted by atomic mass is 32.2. The van der Waals surface area contributed by atoms with Gasteiger partial charge in [0, 0.05) is 6.54 Å². The van der Waals surface area contributed by atoms with E-state index in [1.54, 1.807) is 16.3 Å². The Balaban J connectivity index is 1.78. The van der Waals surface area contributed by atoms with E-state index in [0.29, 0.717) is 18.8 Å². The number of aryl methyl sites for hydroxylation is 2. The second kappa shape index (κ2) is 6.67. The molecule has 2 heterocycles. The number of nitrogens with one attached hydrogen (secondary N) is 1. The average Bonchev–Trinajstić information content (AvgIpc) is 3.15. The Hall–Kier alpha value is -2.68. The van der Waals surface area contributed by atoms with Crippen LogP contribution in [0.25, 0.3) is 0 Å². The number of sulfonamides is 1. The molecule has 132 valence electrons. The predicted molar refractivity (Wildman–Crippen MR) is 93.7 cm³/mol. The van der Waals surface area contributed by atoms with Crippen molar-refractivity contribution in [3.05, 3.63) is 53.6 Å². The molecule has 0 radical (unpaired) electrons. The summed E-state index contributed by atoms with van der Waals surface area (Å²) in [5, 5.41) is 8.27. The van der Waals surface area contributed by atoms with Crippen LogP contribution < -0.4 is 4.72 Å². The number of hydrogen-bond acceptors (Lipinski definition) is 5. The Kier molecular flexibility index (Phi) is 4.58. The summed E-state index contributed by atoms with van der Waals surface area (Å²) in [4.78, 5) is 4.17. The van der Waals surface area contributed by atoms with E-state index in [2.05, 4.69) is 19.9 Å². The fourth-order valence-electron chi connectivity index (χ4n) is 2.57. The topological polar surface area (TPSA) is 94.7 Å². The Morgan fingerprint density at radius 3 is 2.64 bits per heavy atom. The standard InChI is InChI=1S/C16H20N6O2S/c1-4-22-13(3)15(9-18-22)25(23,24)20-16-17-11-21(19-16)10-14-8-6-5-7-12(14)2/h5-9,11H,4,10H2,1-3H3,(H,19,20). The third-order valence-electron chi connectivity index (χ3n) is 4.00. The van der Waals surface area contributed by atoms with Crippen LogP contribution in [-0.2, 0) is 23.1 Å².